The van der Waals surface area contributed by atoms with Crippen molar-refractivity contribution in [1.82, 2.24) is 4.57 Å². The lowest BCUT2D eigenvalue weighted by Gasteiger charge is -2.11. The van der Waals surface area contributed by atoms with Crippen LogP contribution < -0.4 is 9.52 Å². The Balaban J connectivity index is 1.78. The first-order valence-electron chi connectivity index (χ1n) is 10.7. The highest BCUT2D eigenvalue weighted by Crippen LogP contribution is 2.24. The second-order valence-corrected chi connectivity index (χ2v) is 12.8. The monoisotopic (exact) mass is 541 g/mol. The number of nitrogens with one attached hydrogen (secondary N) is 1. The summed E-state index contributed by atoms with van der Waals surface area (Å²) in [6.45, 7) is 5.95. The highest BCUT2D eigenvalue weighted by atomic mass is 32.2. The van der Waals surface area contributed by atoms with Gasteiger partial charge in [0.15, 0.2) is 14.6 Å². The van der Waals surface area contributed by atoms with Crippen molar-refractivity contribution < 1.29 is 21.6 Å². The summed E-state index contributed by atoms with van der Waals surface area (Å²) in [5, 5.41) is 0. The molecule has 0 aliphatic rings. The molecule has 4 aromatic rings. The third-order valence-electron chi connectivity index (χ3n) is 5.32. The smallest absolute Gasteiger partial charge is 0.281 e. The Kier molecular flexibility index (Phi) is 6.98. The van der Waals surface area contributed by atoms with Crippen LogP contribution in [0, 0.1) is 6.92 Å². The van der Waals surface area contributed by atoms with E-state index in [2.05, 4.69) is 16.3 Å². The molecule has 0 unspecified atom stereocenters. The van der Waals surface area contributed by atoms with Crippen molar-refractivity contribution in [1.29, 1.82) is 0 Å². The van der Waals surface area contributed by atoms with Gasteiger partial charge in [-0.25, -0.2) is 16.8 Å². The van der Waals surface area contributed by atoms with E-state index < -0.39 is 25.8 Å². The number of benzene rings is 3. The number of sulfone groups is 1. The Labute approximate surface area is 213 Å². The molecule has 0 spiro atoms. The van der Waals surface area contributed by atoms with Crippen LogP contribution in [-0.4, -0.2) is 33.6 Å². The normalized spacial score (nSPS) is 12.6. The Morgan fingerprint density at radius 1 is 1.03 bits per heavy atom. The van der Waals surface area contributed by atoms with Gasteiger partial charge in [-0.05, 0) is 49.4 Å². The minimum atomic E-state index is -3.93. The number of thiazole rings is 1. The number of allylic oxidation sites excluding steroid dienone is 1. The molecule has 0 bridgehead atoms. The number of nitrogens with zero attached hydrogens (tertiary/aromatic N) is 2. The molecule has 1 amide bonds. The molecule has 0 fully saturated rings. The second kappa shape index (κ2) is 9.84. The zero-order valence-corrected chi connectivity index (χ0v) is 22.0. The number of rotatable bonds is 7. The summed E-state index contributed by atoms with van der Waals surface area (Å²) in [7, 11) is -7.34. The molecule has 3 aromatic carbocycles. The van der Waals surface area contributed by atoms with Crippen molar-refractivity contribution in [2.75, 3.05) is 11.0 Å². The molecule has 0 saturated carbocycles. The van der Waals surface area contributed by atoms with Gasteiger partial charge in [0, 0.05) is 12.8 Å². The zero-order chi connectivity index (χ0) is 26.1. The number of hydrogen-bond donors (Lipinski definition) is 1. The van der Waals surface area contributed by atoms with Crippen molar-refractivity contribution >= 4 is 53.0 Å². The van der Waals surface area contributed by atoms with E-state index >= 15 is 0 Å². The fourth-order valence-electron chi connectivity index (χ4n) is 3.50. The maximum atomic E-state index is 13.2. The molecule has 0 saturated heterocycles. The lowest BCUT2D eigenvalue weighted by Crippen LogP contribution is -2.18. The van der Waals surface area contributed by atoms with Crippen molar-refractivity contribution in [2.45, 2.75) is 23.3 Å². The summed E-state index contributed by atoms with van der Waals surface area (Å²) >= 11 is 1.16. The minimum Gasteiger partial charge on any atom is -0.312 e. The average Bonchev–Trinajstić information content (AvgIpc) is 3.15. The Morgan fingerprint density at radius 3 is 2.36 bits per heavy atom. The number of sulfonamides is 1. The predicted octanol–water partition coefficient (Wildman–Crippen LogP) is 4.14. The molecular formula is C25H23N3O5S3. The van der Waals surface area contributed by atoms with Crippen molar-refractivity contribution in [3.05, 3.63) is 95.3 Å². The summed E-state index contributed by atoms with van der Waals surface area (Å²) in [6, 6.07) is 17.3. The number of aryl methyl sites for hydroxylation is 1. The van der Waals surface area contributed by atoms with Gasteiger partial charge in [-0.2, -0.15) is 4.99 Å². The molecular weight excluding hydrogens is 518 g/mol. The summed E-state index contributed by atoms with van der Waals surface area (Å²) in [5.41, 5.74) is 1.80. The van der Waals surface area contributed by atoms with Gasteiger partial charge in [0.1, 0.15) is 0 Å². The molecule has 0 atom stereocenters. The van der Waals surface area contributed by atoms with Crippen LogP contribution in [0.1, 0.15) is 15.9 Å². The first kappa shape index (κ1) is 25.5. The molecule has 0 radical (unpaired) electrons. The van der Waals surface area contributed by atoms with Gasteiger partial charge >= 0.3 is 0 Å². The zero-order valence-electron chi connectivity index (χ0n) is 19.5. The summed E-state index contributed by atoms with van der Waals surface area (Å²) in [4.78, 5) is 18.1. The molecule has 0 aliphatic carbocycles. The fraction of sp³-hybridized carbons (Fsp3) is 0.120. The van der Waals surface area contributed by atoms with Crippen molar-refractivity contribution in [2.24, 2.45) is 4.99 Å². The number of fused-ring (bicyclic) bond motifs is 1. The van der Waals surface area contributed by atoms with E-state index in [0.29, 0.717) is 21.6 Å². The first-order valence-corrected chi connectivity index (χ1v) is 14.9. The van der Waals surface area contributed by atoms with E-state index in [1.807, 2.05) is 6.92 Å². The number of carbonyl (C=O) groups excluding carboxylic acids is 1. The lowest BCUT2D eigenvalue weighted by atomic mass is 10.2. The van der Waals surface area contributed by atoms with Crippen LogP contribution in [0.2, 0.25) is 0 Å². The summed E-state index contributed by atoms with van der Waals surface area (Å²) < 4.78 is 54.6. The summed E-state index contributed by atoms with van der Waals surface area (Å²) in [5.74, 6) is -0.648. The number of amides is 1. The Hall–Kier alpha value is -3.54. The van der Waals surface area contributed by atoms with Gasteiger partial charge in [0.2, 0.25) is 0 Å². The van der Waals surface area contributed by atoms with Crippen molar-refractivity contribution in [3.63, 3.8) is 0 Å². The van der Waals surface area contributed by atoms with Gasteiger partial charge in [-0.3, -0.25) is 9.52 Å². The van der Waals surface area contributed by atoms with Crippen LogP contribution in [-0.2, 0) is 26.4 Å². The molecule has 1 aromatic heterocycles. The van der Waals surface area contributed by atoms with E-state index in [9.17, 15) is 21.6 Å². The average molecular weight is 542 g/mol. The SMILES string of the molecule is C=CCn1c(=NC(=O)c2ccccc2NS(=O)(=O)c2ccc(C)cc2)sc2cc(S(C)(=O)=O)ccc21. The van der Waals surface area contributed by atoms with Crippen LogP contribution in [0.5, 0.6) is 0 Å². The number of para-hydroxylation sites is 1. The molecule has 0 aliphatic heterocycles. The van der Waals surface area contributed by atoms with Gasteiger partial charge < -0.3 is 4.57 Å². The summed E-state index contributed by atoms with van der Waals surface area (Å²) in [6.07, 6.45) is 2.77. The van der Waals surface area contributed by atoms with Crippen LogP contribution >= 0.6 is 11.3 Å². The highest BCUT2D eigenvalue weighted by molar-refractivity contribution is 7.92. The van der Waals surface area contributed by atoms with Crippen molar-refractivity contribution in [3.8, 4) is 0 Å². The van der Waals surface area contributed by atoms with E-state index in [0.717, 1.165) is 23.2 Å². The van der Waals surface area contributed by atoms with Gasteiger partial charge in [0.05, 0.1) is 31.3 Å². The van der Waals surface area contributed by atoms with Crippen LogP contribution in [0.4, 0.5) is 5.69 Å². The van der Waals surface area contributed by atoms with Crippen LogP contribution in [0.15, 0.2) is 94.2 Å². The standard InChI is InChI=1S/C25H23N3O5S3/c1-4-15-28-22-14-13-19(35(3,30)31)16-23(22)34-25(28)26-24(29)20-7-5-6-8-21(20)27-36(32,33)18-11-9-17(2)10-12-18/h4-14,16,27H,1,15H2,2-3H3. The molecule has 11 heteroatoms. The van der Waals surface area contributed by atoms with Crippen LogP contribution in [0.3, 0.4) is 0 Å². The second-order valence-electron chi connectivity index (χ2n) is 8.07. The van der Waals surface area contributed by atoms with Gasteiger partial charge in [-0.15, -0.1) is 6.58 Å². The molecule has 4 rings (SSSR count). The molecule has 8 nitrogen and oxygen atoms in total. The third kappa shape index (κ3) is 5.32. The maximum absolute atomic E-state index is 13.2. The molecule has 36 heavy (non-hydrogen) atoms. The molecule has 1 heterocycles. The highest BCUT2D eigenvalue weighted by Gasteiger charge is 2.19. The quantitative estimate of drug-likeness (QED) is 0.353. The van der Waals surface area contributed by atoms with E-state index in [4.69, 9.17) is 0 Å². The molecule has 186 valence electrons. The third-order valence-corrected chi connectivity index (χ3v) is 8.86. The van der Waals surface area contributed by atoms with E-state index in [-0.39, 0.29) is 21.0 Å². The number of anilines is 1. The Bertz CT molecular complexity index is 1770. The largest absolute Gasteiger partial charge is 0.312 e. The molecule has 1 N–H and O–H groups in total. The minimum absolute atomic E-state index is 0.0716. The lowest BCUT2D eigenvalue weighted by molar-refractivity contribution is 0.0998. The Morgan fingerprint density at radius 2 is 1.69 bits per heavy atom. The maximum Gasteiger partial charge on any atom is 0.281 e. The van der Waals surface area contributed by atoms with Gasteiger partial charge in [0.25, 0.3) is 15.9 Å². The van der Waals surface area contributed by atoms with Gasteiger partial charge in [-0.1, -0.05) is 47.2 Å². The number of aromatic nitrogens is 1. The van der Waals surface area contributed by atoms with E-state index in [1.165, 1.54) is 30.3 Å². The first-order chi connectivity index (χ1) is 17.0. The topological polar surface area (TPSA) is 115 Å². The number of hydrogen-bond acceptors (Lipinski definition) is 6. The fourth-order valence-corrected chi connectivity index (χ4v) is 6.38. The van der Waals surface area contributed by atoms with Crippen LogP contribution in [0.25, 0.3) is 10.2 Å². The van der Waals surface area contributed by atoms with E-state index in [1.54, 1.807) is 47.0 Å². The predicted molar refractivity (Wildman–Crippen MR) is 141 cm³/mol. The number of carbonyl (C=O) groups is 1.